The van der Waals surface area contributed by atoms with Gasteiger partial charge in [0.25, 0.3) is 0 Å². The summed E-state index contributed by atoms with van der Waals surface area (Å²) < 4.78 is 0. The molecule has 0 heterocycles. The molecular formula is C66H42. The van der Waals surface area contributed by atoms with Crippen LogP contribution in [0, 0.1) is 0 Å². The lowest BCUT2D eigenvalue weighted by atomic mass is 9.80. The summed E-state index contributed by atoms with van der Waals surface area (Å²) in [6.45, 7) is 0. The molecule has 0 radical (unpaired) electrons. The number of hydrogen-bond acceptors (Lipinski definition) is 0. The number of fused-ring (bicyclic) bond motifs is 6. The standard InChI is InChI=1S/C66H42/c1-6-23-44(24-7-1)55-41-57-58(42-56(55)45-25-8-2-9-26-45)64-60(47-30-12-4-13-31-47)66(61(48-32-14-5-15-33-48)65(64)59(57)46-28-10-3-11-29-46)63-53-38-20-18-36-51(53)62(52-37-19-21-39-54(52)63)50-40-22-34-43-27-16-17-35-49(43)50/h1-42H. The molecule has 0 bridgehead atoms. The molecule has 306 valence electrons. The average Bonchev–Trinajstić information content (AvgIpc) is 3.90. The second kappa shape index (κ2) is 15.6. The zero-order chi connectivity index (χ0) is 43.6. The molecule has 0 heteroatoms. The van der Waals surface area contributed by atoms with Crippen LogP contribution in [0.15, 0.2) is 260 Å². The van der Waals surface area contributed by atoms with E-state index in [1.165, 1.54) is 133 Å². The number of rotatable bonds is 7. The normalized spacial score (nSPS) is 13.3. The summed E-state index contributed by atoms with van der Waals surface area (Å²) in [6, 6.07) is 94.2. The number of allylic oxidation sites excluding steroid dienone is 5. The van der Waals surface area contributed by atoms with Crippen LogP contribution in [0.3, 0.4) is 0 Å². The summed E-state index contributed by atoms with van der Waals surface area (Å²) >= 11 is 0. The maximum atomic E-state index is 2.51. The summed E-state index contributed by atoms with van der Waals surface area (Å²) in [5.74, 6) is 0. The molecule has 11 aromatic rings. The number of benzene rings is 11. The predicted octanol–water partition coefficient (Wildman–Crippen LogP) is 17.5. The van der Waals surface area contributed by atoms with Crippen molar-refractivity contribution in [1.29, 1.82) is 0 Å². The van der Waals surface area contributed by atoms with Gasteiger partial charge in [0.1, 0.15) is 0 Å². The van der Waals surface area contributed by atoms with Crippen LogP contribution in [-0.2, 0) is 0 Å². The Morgan fingerprint density at radius 1 is 0.167 bits per heavy atom. The van der Waals surface area contributed by atoms with Gasteiger partial charge in [0.15, 0.2) is 0 Å². The van der Waals surface area contributed by atoms with Crippen molar-refractivity contribution in [3.8, 4) is 33.4 Å². The zero-order valence-corrected chi connectivity index (χ0v) is 36.2. The van der Waals surface area contributed by atoms with Crippen LogP contribution in [0.5, 0.6) is 0 Å². The lowest BCUT2D eigenvalue weighted by molar-refractivity contribution is 1.52. The summed E-state index contributed by atoms with van der Waals surface area (Å²) in [4.78, 5) is 0. The first-order chi connectivity index (χ1) is 32.8. The van der Waals surface area contributed by atoms with Crippen molar-refractivity contribution in [3.63, 3.8) is 0 Å². The molecule has 0 nitrogen and oxygen atoms in total. The van der Waals surface area contributed by atoms with E-state index in [2.05, 4.69) is 255 Å². The Labute approximate surface area is 385 Å². The minimum Gasteiger partial charge on any atom is -0.0622 e. The van der Waals surface area contributed by atoms with Crippen molar-refractivity contribution >= 4 is 60.2 Å². The van der Waals surface area contributed by atoms with E-state index in [9.17, 15) is 0 Å². The molecule has 0 fully saturated rings. The minimum atomic E-state index is 1.20. The second-order valence-corrected chi connectivity index (χ2v) is 17.4. The Kier molecular flexibility index (Phi) is 8.96. The van der Waals surface area contributed by atoms with Crippen molar-refractivity contribution in [2.45, 2.75) is 0 Å². The number of hydrogen-bond donors (Lipinski definition) is 0. The first-order valence-corrected chi connectivity index (χ1v) is 22.9. The summed E-state index contributed by atoms with van der Waals surface area (Å²) in [5.41, 5.74) is 22.4. The first kappa shape index (κ1) is 37.9. The van der Waals surface area contributed by atoms with Crippen molar-refractivity contribution in [2.75, 3.05) is 0 Å². The Morgan fingerprint density at radius 2 is 0.515 bits per heavy atom. The average molecular weight is 835 g/mol. The van der Waals surface area contributed by atoms with E-state index in [4.69, 9.17) is 0 Å². The van der Waals surface area contributed by atoms with Crippen LogP contribution in [0.2, 0.25) is 0 Å². The van der Waals surface area contributed by atoms with Crippen LogP contribution < -0.4 is 0 Å². The SMILES string of the molecule is c1ccc(C2=C3C(=C(c4ccccc4)c4cc(-c5ccccc5)c(-c5ccccc5)cc43)C(c3ccccc3)=C2c2c3ccccc3c(-c3cccc4ccccc34)c3ccccc23)cc1. The van der Waals surface area contributed by atoms with Gasteiger partial charge in [-0.05, 0) is 145 Å². The molecule has 0 N–H and O–H groups in total. The van der Waals surface area contributed by atoms with Crippen LogP contribution >= 0.6 is 0 Å². The largest absolute Gasteiger partial charge is 0.0622 e. The third-order valence-electron chi connectivity index (χ3n) is 13.8. The lowest BCUT2D eigenvalue weighted by Gasteiger charge is -2.23. The van der Waals surface area contributed by atoms with Crippen molar-refractivity contribution in [1.82, 2.24) is 0 Å². The highest BCUT2D eigenvalue weighted by atomic mass is 14.4. The molecule has 0 aromatic heterocycles. The molecule has 2 aliphatic carbocycles. The molecule has 0 amide bonds. The van der Waals surface area contributed by atoms with Crippen molar-refractivity contribution in [3.05, 3.63) is 294 Å². The fourth-order valence-corrected chi connectivity index (χ4v) is 11.1. The molecule has 2 aliphatic rings. The monoisotopic (exact) mass is 834 g/mol. The Hall–Kier alpha value is -8.58. The maximum Gasteiger partial charge on any atom is -0.000137 e. The third-order valence-corrected chi connectivity index (χ3v) is 13.8. The highest BCUT2D eigenvalue weighted by molar-refractivity contribution is 6.42. The van der Waals surface area contributed by atoms with Gasteiger partial charge in [-0.3, -0.25) is 0 Å². The molecule has 0 atom stereocenters. The van der Waals surface area contributed by atoms with Crippen molar-refractivity contribution < 1.29 is 0 Å². The van der Waals surface area contributed by atoms with E-state index in [0.717, 1.165) is 0 Å². The van der Waals surface area contributed by atoms with Gasteiger partial charge in [-0.2, -0.15) is 0 Å². The van der Waals surface area contributed by atoms with Gasteiger partial charge in [0.05, 0.1) is 0 Å². The van der Waals surface area contributed by atoms with E-state index in [0.29, 0.717) is 0 Å². The van der Waals surface area contributed by atoms with Crippen molar-refractivity contribution in [2.24, 2.45) is 0 Å². The quantitative estimate of drug-likeness (QED) is 0.140. The van der Waals surface area contributed by atoms with Gasteiger partial charge in [-0.1, -0.05) is 243 Å². The molecule has 0 saturated carbocycles. The summed E-state index contributed by atoms with van der Waals surface area (Å²) in [6.07, 6.45) is 0. The molecule has 0 saturated heterocycles. The van der Waals surface area contributed by atoms with E-state index >= 15 is 0 Å². The van der Waals surface area contributed by atoms with Gasteiger partial charge in [0.2, 0.25) is 0 Å². The Morgan fingerprint density at radius 3 is 1.00 bits per heavy atom. The first-order valence-electron chi connectivity index (χ1n) is 22.9. The van der Waals surface area contributed by atoms with E-state index in [1.54, 1.807) is 0 Å². The molecule has 66 heavy (non-hydrogen) atoms. The topological polar surface area (TPSA) is 0 Å². The smallest absolute Gasteiger partial charge is 0.000137 e. The minimum absolute atomic E-state index is 1.20. The molecule has 0 aliphatic heterocycles. The molecular weight excluding hydrogens is 793 g/mol. The molecule has 13 rings (SSSR count). The Bertz CT molecular complexity index is 3740. The van der Waals surface area contributed by atoms with Gasteiger partial charge in [-0.15, -0.1) is 0 Å². The molecule has 0 spiro atoms. The molecule has 0 unspecified atom stereocenters. The Balaban J connectivity index is 1.24. The van der Waals surface area contributed by atoms with E-state index in [1.807, 2.05) is 0 Å². The second-order valence-electron chi connectivity index (χ2n) is 17.4. The fourth-order valence-electron chi connectivity index (χ4n) is 11.1. The van der Waals surface area contributed by atoms with Crippen LogP contribution in [-0.4, -0.2) is 0 Å². The van der Waals surface area contributed by atoms with Crippen LogP contribution in [0.4, 0.5) is 0 Å². The summed E-state index contributed by atoms with van der Waals surface area (Å²) in [5, 5.41) is 7.46. The fraction of sp³-hybridized carbons (Fsp3) is 0. The van der Waals surface area contributed by atoms with E-state index in [-0.39, 0.29) is 0 Å². The highest BCUT2D eigenvalue weighted by Crippen LogP contribution is 2.64. The zero-order valence-electron chi connectivity index (χ0n) is 36.2. The lowest BCUT2D eigenvalue weighted by Crippen LogP contribution is -1.99. The van der Waals surface area contributed by atoms with Gasteiger partial charge in [0, 0.05) is 0 Å². The predicted molar refractivity (Wildman–Crippen MR) is 281 cm³/mol. The summed E-state index contributed by atoms with van der Waals surface area (Å²) in [7, 11) is 0. The van der Waals surface area contributed by atoms with Crippen LogP contribution in [0.1, 0.15) is 33.4 Å². The maximum absolute atomic E-state index is 2.51. The van der Waals surface area contributed by atoms with Crippen LogP contribution in [0.25, 0.3) is 93.6 Å². The molecule has 11 aromatic carbocycles. The highest BCUT2D eigenvalue weighted by Gasteiger charge is 2.41. The van der Waals surface area contributed by atoms with Gasteiger partial charge >= 0.3 is 0 Å². The van der Waals surface area contributed by atoms with E-state index < -0.39 is 0 Å². The van der Waals surface area contributed by atoms with Gasteiger partial charge in [-0.25, -0.2) is 0 Å². The van der Waals surface area contributed by atoms with Gasteiger partial charge < -0.3 is 0 Å². The third kappa shape index (κ3) is 5.93.